The summed E-state index contributed by atoms with van der Waals surface area (Å²) in [6.45, 7) is 0. The number of amides is 2. The van der Waals surface area contributed by atoms with Gasteiger partial charge in [0.1, 0.15) is 5.75 Å². The third-order valence-corrected chi connectivity index (χ3v) is 6.09. The zero-order chi connectivity index (χ0) is 22.3. The Morgan fingerprint density at radius 3 is 2.69 bits per heavy atom. The molecule has 0 unspecified atom stereocenters. The minimum absolute atomic E-state index is 0.157. The Hall–Kier alpha value is -3.56. The maximum Gasteiger partial charge on any atom is 0.291 e. The SMILES string of the molecule is COc1ccc(-c2csc(NC(=O)CSc3cccc(NC(=O)c4ccco4)c3)n2)cc1. The molecule has 162 valence electrons. The molecule has 0 radical (unpaired) electrons. The lowest BCUT2D eigenvalue weighted by atomic mass is 10.2. The molecule has 2 aromatic carbocycles. The van der Waals surface area contributed by atoms with E-state index in [1.54, 1.807) is 25.3 Å². The lowest BCUT2D eigenvalue weighted by Gasteiger charge is -2.06. The number of carbonyl (C=O) groups excluding carboxylic acids is 2. The van der Waals surface area contributed by atoms with E-state index in [1.165, 1.54) is 29.4 Å². The van der Waals surface area contributed by atoms with Crippen molar-refractivity contribution in [1.82, 2.24) is 4.98 Å². The van der Waals surface area contributed by atoms with Crippen molar-refractivity contribution in [3.05, 3.63) is 78.1 Å². The summed E-state index contributed by atoms with van der Waals surface area (Å²) < 4.78 is 10.3. The first-order chi connectivity index (χ1) is 15.6. The van der Waals surface area contributed by atoms with Crippen LogP contribution in [-0.4, -0.2) is 29.7 Å². The van der Waals surface area contributed by atoms with Gasteiger partial charge >= 0.3 is 0 Å². The number of anilines is 2. The fourth-order valence-electron chi connectivity index (χ4n) is 2.79. The van der Waals surface area contributed by atoms with Crippen LogP contribution in [0.25, 0.3) is 11.3 Å². The number of hydrogen-bond acceptors (Lipinski definition) is 7. The summed E-state index contributed by atoms with van der Waals surface area (Å²) in [6.07, 6.45) is 1.45. The Kier molecular flexibility index (Phi) is 6.88. The minimum Gasteiger partial charge on any atom is -0.497 e. The van der Waals surface area contributed by atoms with Crippen LogP contribution in [0.5, 0.6) is 5.75 Å². The molecule has 0 saturated heterocycles. The van der Waals surface area contributed by atoms with Gasteiger partial charge in [-0.3, -0.25) is 9.59 Å². The number of methoxy groups -OCH3 is 1. The van der Waals surface area contributed by atoms with Gasteiger partial charge in [-0.15, -0.1) is 23.1 Å². The van der Waals surface area contributed by atoms with Crippen molar-refractivity contribution in [3.63, 3.8) is 0 Å². The van der Waals surface area contributed by atoms with E-state index < -0.39 is 0 Å². The van der Waals surface area contributed by atoms with E-state index in [-0.39, 0.29) is 23.3 Å². The summed E-state index contributed by atoms with van der Waals surface area (Å²) in [5, 5.41) is 8.05. The highest BCUT2D eigenvalue weighted by Crippen LogP contribution is 2.27. The molecule has 2 amide bonds. The largest absolute Gasteiger partial charge is 0.497 e. The van der Waals surface area contributed by atoms with Crippen molar-refractivity contribution < 1.29 is 18.7 Å². The van der Waals surface area contributed by atoms with Gasteiger partial charge in [-0.2, -0.15) is 0 Å². The predicted molar refractivity (Wildman–Crippen MR) is 127 cm³/mol. The third-order valence-electron chi connectivity index (χ3n) is 4.34. The van der Waals surface area contributed by atoms with Gasteiger partial charge in [0.2, 0.25) is 5.91 Å². The number of rotatable bonds is 8. The molecule has 0 saturated carbocycles. The average Bonchev–Trinajstić information content (AvgIpc) is 3.51. The van der Waals surface area contributed by atoms with Crippen LogP contribution in [0.15, 0.2) is 81.6 Å². The smallest absolute Gasteiger partial charge is 0.291 e. The lowest BCUT2D eigenvalue weighted by Crippen LogP contribution is -2.14. The second kappa shape index (κ2) is 10.2. The maximum atomic E-state index is 12.4. The van der Waals surface area contributed by atoms with Crippen LogP contribution in [-0.2, 0) is 4.79 Å². The van der Waals surface area contributed by atoms with Gasteiger partial charge in [-0.05, 0) is 54.6 Å². The van der Waals surface area contributed by atoms with Crippen molar-refractivity contribution in [1.29, 1.82) is 0 Å². The number of benzene rings is 2. The van der Waals surface area contributed by atoms with E-state index in [2.05, 4.69) is 15.6 Å². The predicted octanol–water partition coefficient (Wildman–Crippen LogP) is 5.39. The van der Waals surface area contributed by atoms with Gasteiger partial charge in [-0.25, -0.2) is 4.98 Å². The van der Waals surface area contributed by atoms with E-state index >= 15 is 0 Å². The van der Waals surface area contributed by atoms with E-state index in [4.69, 9.17) is 9.15 Å². The number of thiazole rings is 1. The Morgan fingerprint density at radius 2 is 1.94 bits per heavy atom. The van der Waals surface area contributed by atoms with Crippen LogP contribution in [0.1, 0.15) is 10.6 Å². The van der Waals surface area contributed by atoms with Crippen molar-refractivity contribution in [3.8, 4) is 17.0 Å². The topological polar surface area (TPSA) is 93.5 Å². The molecule has 0 aliphatic carbocycles. The van der Waals surface area contributed by atoms with Crippen molar-refractivity contribution >= 4 is 45.7 Å². The molecular weight excluding hydrogens is 446 g/mol. The Labute approximate surface area is 192 Å². The fraction of sp³-hybridized carbons (Fsp3) is 0.0870. The quantitative estimate of drug-likeness (QED) is 0.339. The molecule has 9 heteroatoms. The van der Waals surface area contributed by atoms with Gasteiger partial charge in [0.15, 0.2) is 10.9 Å². The number of thioether (sulfide) groups is 1. The van der Waals surface area contributed by atoms with E-state index in [1.807, 2.05) is 47.8 Å². The zero-order valence-electron chi connectivity index (χ0n) is 17.0. The molecule has 0 atom stereocenters. The van der Waals surface area contributed by atoms with E-state index in [9.17, 15) is 9.59 Å². The minimum atomic E-state index is -0.327. The number of carbonyl (C=O) groups is 2. The number of nitrogens with one attached hydrogen (secondary N) is 2. The highest BCUT2D eigenvalue weighted by atomic mass is 32.2. The first-order valence-electron chi connectivity index (χ1n) is 9.58. The van der Waals surface area contributed by atoms with Gasteiger partial charge in [-0.1, -0.05) is 6.07 Å². The van der Waals surface area contributed by atoms with Crippen LogP contribution < -0.4 is 15.4 Å². The molecule has 0 bridgehead atoms. The lowest BCUT2D eigenvalue weighted by molar-refractivity contribution is -0.113. The monoisotopic (exact) mass is 465 g/mol. The molecule has 4 aromatic rings. The third kappa shape index (κ3) is 5.57. The van der Waals surface area contributed by atoms with Crippen LogP contribution in [0.3, 0.4) is 0 Å². The second-order valence-corrected chi connectivity index (χ2v) is 8.47. The van der Waals surface area contributed by atoms with Crippen LogP contribution in [0.4, 0.5) is 10.8 Å². The van der Waals surface area contributed by atoms with Crippen molar-refractivity contribution in [2.24, 2.45) is 0 Å². The molecule has 32 heavy (non-hydrogen) atoms. The first-order valence-corrected chi connectivity index (χ1v) is 11.4. The summed E-state index contributed by atoms with van der Waals surface area (Å²) in [5.41, 5.74) is 2.37. The number of ether oxygens (including phenoxy) is 1. The molecule has 2 heterocycles. The highest BCUT2D eigenvalue weighted by Gasteiger charge is 2.11. The van der Waals surface area contributed by atoms with Gasteiger partial charge < -0.3 is 19.8 Å². The molecule has 0 fully saturated rings. The van der Waals surface area contributed by atoms with Gasteiger partial charge in [0.25, 0.3) is 5.91 Å². The Bertz CT molecular complexity index is 1200. The van der Waals surface area contributed by atoms with Gasteiger partial charge in [0, 0.05) is 21.5 Å². The Morgan fingerprint density at radius 1 is 1.09 bits per heavy atom. The highest BCUT2D eigenvalue weighted by molar-refractivity contribution is 8.00. The number of hydrogen-bond donors (Lipinski definition) is 2. The number of furan rings is 1. The van der Waals surface area contributed by atoms with Crippen LogP contribution >= 0.6 is 23.1 Å². The summed E-state index contributed by atoms with van der Waals surface area (Å²) in [5.74, 6) is 0.744. The summed E-state index contributed by atoms with van der Waals surface area (Å²) in [6, 6.07) is 18.1. The molecular formula is C23H19N3O4S2. The zero-order valence-corrected chi connectivity index (χ0v) is 18.7. The molecule has 0 aliphatic heterocycles. The van der Waals surface area contributed by atoms with Crippen molar-refractivity contribution in [2.75, 3.05) is 23.5 Å². The van der Waals surface area contributed by atoms with Crippen LogP contribution in [0, 0.1) is 0 Å². The molecule has 0 aliphatic rings. The van der Waals surface area contributed by atoms with Gasteiger partial charge in [0.05, 0.1) is 24.8 Å². The maximum absolute atomic E-state index is 12.4. The molecule has 2 N–H and O–H groups in total. The number of nitrogens with zero attached hydrogens (tertiary/aromatic N) is 1. The van der Waals surface area contributed by atoms with E-state index in [0.717, 1.165) is 21.9 Å². The standard InChI is InChI=1S/C23H19N3O4S2/c1-29-17-9-7-15(8-10-17)19-13-32-23(25-19)26-21(27)14-31-18-5-2-4-16(12-18)24-22(28)20-6-3-11-30-20/h2-13H,14H2,1H3,(H,24,28)(H,25,26,27). The normalized spacial score (nSPS) is 10.5. The summed E-state index contributed by atoms with van der Waals surface area (Å²) in [7, 11) is 1.62. The molecule has 7 nitrogen and oxygen atoms in total. The second-order valence-electron chi connectivity index (χ2n) is 6.56. The first kappa shape index (κ1) is 21.7. The summed E-state index contributed by atoms with van der Waals surface area (Å²) in [4.78, 5) is 29.8. The average molecular weight is 466 g/mol. The Balaban J connectivity index is 1.30. The number of aromatic nitrogens is 1. The van der Waals surface area contributed by atoms with Crippen LogP contribution in [0.2, 0.25) is 0 Å². The van der Waals surface area contributed by atoms with E-state index in [0.29, 0.717) is 10.8 Å². The molecule has 0 spiro atoms. The molecule has 4 rings (SSSR count). The molecule has 2 aromatic heterocycles. The summed E-state index contributed by atoms with van der Waals surface area (Å²) >= 11 is 2.74. The fourth-order valence-corrected chi connectivity index (χ4v) is 4.28. The van der Waals surface area contributed by atoms with Crippen molar-refractivity contribution in [2.45, 2.75) is 4.90 Å².